The quantitative estimate of drug-likeness (QED) is 0.879. The van der Waals surface area contributed by atoms with E-state index in [1.165, 1.54) is 17.2 Å². The first-order chi connectivity index (χ1) is 9.59. The number of halogens is 1. The molecule has 0 aliphatic rings. The second kappa shape index (κ2) is 6.91. The summed E-state index contributed by atoms with van der Waals surface area (Å²) in [5.74, 6) is 0.666. The predicted molar refractivity (Wildman–Crippen MR) is 85.3 cm³/mol. The fraction of sp³-hybridized carbons (Fsp3) is 0.294. The molecule has 0 amide bonds. The molecule has 106 valence electrons. The minimum absolute atomic E-state index is 0.0317. The highest BCUT2D eigenvalue weighted by Gasteiger charge is 2.20. The Balaban J connectivity index is 2.15. The van der Waals surface area contributed by atoms with E-state index in [0.29, 0.717) is 5.56 Å². The van der Waals surface area contributed by atoms with Crippen molar-refractivity contribution in [1.82, 2.24) is 0 Å². The van der Waals surface area contributed by atoms with E-state index in [9.17, 15) is 4.39 Å². The van der Waals surface area contributed by atoms with Gasteiger partial charge in [0.2, 0.25) is 0 Å². The normalized spacial score (nSPS) is 14.0. The summed E-state index contributed by atoms with van der Waals surface area (Å²) in [6.07, 6.45) is 0. The summed E-state index contributed by atoms with van der Waals surface area (Å²) < 4.78 is 13.9. The van der Waals surface area contributed by atoms with Crippen LogP contribution >= 0.6 is 11.8 Å². The fourth-order valence-electron chi connectivity index (χ4n) is 2.18. The van der Waals surface area contributed by atoms with Gasteiger partial charge in [0.25, 0.3) is 0 Å². The highest BCUT2D eigenvalue weighted by atomic mass is 32.2. The molecule has 2 unspecified atom stereocenters. The van der Waals surface area contributed by atoms with E-state index < -0.39 is 0 Å². The Kier molecular flexibility index (Phi) is 5.21. The predicted octanol–water partition coefficient (Wildman–Crippen LogP) is 4.46. The summed E-state index contributed by atoms with van der Waals surface area (Å²) in [5.41, 5.74) is 9.29. The molecule has 3 heteroatoms. The summed E-state index contributed by atoms with van der Waals surface area (Å²) >= 11 is 1.70. The number of rotatable bonds is 5. The molecule has 2 atom stereocenters. The van der Waals surface area contributed by atoms with Crippen molar-refractivity contribution < 1.29 is 4.39 Å². The standard InChI is InChI=1S/C17H20FNS/c1-12-7-3-4-8-14(12)11-20-17(13(2)19)15-9-5-6-10-16(15)18/h3-10,13,17H,11,19H2,1-2H3. The van der Waals surface area contributed by atoms with Crippen molar-refractivity contribution in [1.29, 1.82) is 0 Å². The van der Waals surface area contributed by atoms with Crippen molar-refractivity contribution in [2.24, 2.45) is 5.73 Å². The Morgan fingerprint density at radius 2 is 1.75 bits per heavy atom. The van der Waals surface area contributed by atoms with Crippen molar-refractivity contribution in [2.75, 3.05) is 0 Å². The van der Waals surface area contributed by atoms with Crippen LogP contribution in [0.4, 0.5) is 4.39 Å². The van der Waals surface area contributed by atoms with Crippen LogP contribution in [0.5, 0.6) is 0 Å². The van der Waals surface area contributed by atoms with Gasteiger partial charge in [-0.15, -0.1) is 11.8 Å². The summed E-state index contributed by atoms with van der Waals surface area (Å²) in [5, 5.41) is -0.0317. The Labute approximate surface area is 124 Å². The van der Waals surface area contributed by atoms with Crippen LogP contribution in [0.2, 0.25) is 0 Å². The molecule has 2 rings (SSSR count). The third-order valence-corrected chi connectivity index (χ3v) is 4.89. The van der Waals surface area contributed by atoms with Crippen LogP contribution < -0.4 is 5.73 Å². The maximum absolute atomic E-state index is 13.9. The maximum atomic E-state index is 13.9. The van der Waals surface area contributed by atoms with Gasteiger partial charge in [-0.2, -0.15) is 0 Å². The number of hydrogen-bond donors (Lipinski definition) is 1. The van der Waals surface area contributed by atoms with Crippen molar-refractivity contribution in [2.45, 2.75) is 30.9 Å². The molecule has 2 aromatic rings. The third kappa shape index (κ3) is 3.62. The Hall–Kier alpha value is -1.32. The number of aryl methyl sites for hydroxylation is 1. The lowest BCUT2D eigenvalue weighted by molar-refractivity contribution is 0.592. The Bertz CT molecular complexity index is 568. The van der Waals surface area contributed by atoms with Gasteiger partial charge >= 0.3 is 0 Å². The van der Waals surface area contributed by atoms with Crippen LogP contribution in [0.3, 0.4) is 0 Å². The summed E-state index contributed by atoms with van der Waals surface area (Å²) in [6, 6.07) is 15.1. The van der Waals surface area contributed by atoms with Crippen LogP contribution in [-0.4, -0.2) is 6.04 Å². The van der Waals surface area contributed by atoms with Crippen LogP contribution in [0.25, 0.3) is 0 Å². The fourth-order valence-corrected chi connectivity index (χ4v) is 3.54. The van der Waals surface area contributed by atoms with Crippen molar-refractivity contribution in [3.8, 4) is 0 Å². The number of hydrogen-bond acceptors (Lipinski definition) is 2. The second-order valence-electron chi connectivity index (χ2n) is 5.04. The molecule has 0 bridgehead atoms. The van der Waals surface area contributed by atoms with Crippen LogP contribution in [-0.2, 0) is 5.75 Å². The molecule has 0 radical (unpaired) electrons. The molecule has 0 saturated heterocycles. The maximum Gasteiger partial charge on any atom is 0.127 e. The molecular formula is C17H20FNS. The minimum atomic E-state index is -0.174. The first kappa shape index (κ1) is 15.1. The van der Waals surface area contributed by atoms with E-state index in [0.717, 1.165) is 5.75 Å². The van der Waals surface area contributed by atoms with Gasteiger partial charge in [-0.3, -0.25) is 0 Å². The van der Waals surface area contributed by atoms with Gasteiger partial charge < -0.3 is 5.73 Å². The summed E-state index contributed by atoms with van der Waals surface area (Å²) in [7, 11) is 0. The van der Waals surface area contributed by atoms with E-state index in [-0.39, 0.29) is 17.1 Å². The molecule has 1 nitrogen and oxygen atoms in total. The van der Waals surface area contributed by atoms with Gasteiger partial charge in [0.05, 0.1) is 0 Å². The SMILES string of the molecule is Cc1ccccc1CSC(c1ccccc1F)C(C)N. The van der Waals surface area contributed by atoms with E-state index in [1.807, 2.05) is 31.2 Å². The summed E-state index contributed by atoms with van der Waals surface area (Å²) in [4.78, 5) is 0. The highest BCUT2D eigenvalue weighted by Crippen LogP contribution is 2.35. The second-order valence-corrected chi connectivity index (χ2v) is 6.17. The van der Waals surface area contributed by atoms with Gasteiger partial charge in [-0.1, -0.05) is 42.5 Å². The van der Waals surface area contributed by atoms with Crippen molar-refractivity contribution in [3.05, 3.63) is 71.0 Å². The van der Waals surface area contributed by atoms with Crippen molar-refractivity contribution >= 4 is 11.8 Å². The van der Waals surface area contributed by atoms with E-state index in [2.05, 4.69) is 19.1 Å². The van der Waals surface area contributed by atoms with E-state index in [1.54, 1.807) is 17.8 Å². The van der Waals surface area contributed by atoms with Gasteiger partial charge in [0, 0.05) is 22.6 Å². The number of thioether (sulfide) groups is 1. The molecule has 0 aromatic heterocycles. The lowest BCUT2D eigenvalue weighted by atomic mass is 10.1. The largest absolute Gasteiger partial charge is 0.327 e. The lowest BCUT2D eigenvalue weighted by Gasteiger charge is -2.21. The Morgan fingerprint density at radius 1 is 1.10 bits per heavy atom. The van der Waals surface area contributed by atoms with Gasteiger partial charge in [-0.05, 0) is 31.0 Å². The number of benzene rings is 2. The molecule has 0 saturated carbocycles. The summed E-state index contributed by atoms with van der Waals surface area (Å²) in [6.45, 7) is 4.03. The third-order valence-electron chi connectivity index (χ3n) is 3.37. The van der Waals surface area contributed by atoms with E-state index >= 15 is 0 Å². The van der Waals surface area contributed by atoms with Gasteiger partial charge in [0.1, 0.15) is 5.82 Å². The molecule has 20 heavy (non-hydrogen) atoms. The topological polar surface area (TPSA) is 26.0 Å². The monoisotopic (exact) mass is 289 g/mol. The molecule has 2 aromatic carbocycles. The van der Waals surface area contributed by atoms with Crippen LogP contribution in [0.15, 0.2) is 48.5 Å². The molecule has 2 N–H and O–H groups in total. The minimum Gasteiger partial charge on any atom is -0.327 e. The number of nitrogens with two attached hydrogens (primary N) is 1. The van der Waals surface area contributed by atoms with Crippen molar-refractivity contribution in [3.63, 3.8) is 0 Å². The van der Waals surface area contributed by atoms with Crippen LogP contribution in [0, 0.1) is 12.7 Å². The van der Waals surface area contributed by atoms with Crippen LogP contribution in [0.1, 0.15) is 28.9 Å². The van der Waals surface area contributed by atoms with Gasteiger partial charge in [-0.25, -0.2) is 4.39 Å². The zero-order valence-electron chi connectivity index (χ0n) is 11.8. The molecule has 0 fully saturated rings. The van der Waals surface area contributed by atoms with Gasteiger partial charge in [0.15, 0.2) is 0 Å². The molecule has 0 aliphatic carbocycles. The first-order valence-corrected chi connectivity index (χ1v) is 7.80. The Morgan fingerprint density at radius 3 is 2.40 bits per heavy atom. The van der Waals surface area contributed by atoms with E-state index in [4.69, 9.17) is 5.73 Å². The lowest BCUT2D eigenvalue weighted by Crippen LogP contribution is -2.23. The molecule has 0 spiro atoms. The zero-order valence-corrected chi connectivity index (χ0v) is 12.7. The first-order valence-electron chi connectivity index (χ1n) is 6.75. The smallest absolute Gasteiger partial charge is 0.127 e. The highest BCUT2D eigenvalue weighted by molar-refractivity contribution is 7.98. The molecule has 0 heterocycles. The zero-order chi connectivity index (χ0) is 14.5. The molecule has 0 aliphatic heterocycles. The average molecular weight is 289 g/mol. The molecular weight excluding hydrogens is 269 g/mol. The average Bonchev–Trinajstić information content (AvgIpc) is 2.42.